The van der Waals surface area contributed by atoms with Crippen molar-refractivity contribution in [1.82, 2.24) is 10.3 Å². The lowest BCUT2D eigenvalue weighted by Gasteiger charge is -2.19. The van der Waals surface area contributed by atoms with Gasteiger partial charge >= 0.3 is 0 Å². The van der Waals surface area contributed by atoms with E-state index >= 15 is 0 Å². The fraction of sp³-hybridized carbons (Fsp3) is 0.348. The van der Waals surface area contributed by atoms with Gasteiger partial charge in [0.25, 0.3) is 0 Å². The van der Waals surface area contributed by atoms with Gasteiger partial charge in [-0.25, -0.2) is 0 Å². The van der Waals surface area contributed by atoms with Crippen LogP contribution in [0.3, 0.4) is 0 Å². The molecule has 3 aromatic rings. The number of hydrogen-bond acceptors (Lipinski definition) is 1. The molecule has 148 valence electrons. The number of hydrogen-bond donors (Lipinski definition) is 2. The van der Waals surface area contributed by atoms with Crippen LogP contribution in [0.15, 0.2) is 42.6 Å². The number of fused-ring (bicyclic) bond motifs is 1. The minimum absolute atomic E-state index is 0.0337. The summed E-state index contributed by atoms with van der Waals surface area (Å²) in [7, 11) is 0. The summed E-state index contributed by atoms with van der Waals surface area (Å²) in [6.45, 7) is 6.23. The third kappa shape index (κ3) is 4.37. The Kier molecular flexibility index (Phi) is 6.69. The number of carbonyl (C=O) groups excluding carboxylic acids is 1. The first-order chi connectivity index (χ1) is 13.4. The molecule has 0 spiro atoms. The van der Waals surface area contributed by atoms with E-state index in [9.17, 15) is 4.79 Å². The predicted molar refractivity (Wildman–Crippen MR) is 118 cm³/mol. The van der Waals surface area contributed by atoms with E-state index in [4.69, 9.17) is 23.2 Å². The lowest BCUT2D eigenvalue weighted by molar-refractivity contribution is -0.121. The van der Waals surface area contributed by atoms with Gasteiger partial charge < -0.3 is 10.3 Å². The molecule has 0 aliphatic carbocycles. The summed E-state index contributed by atoms with van der Waals surface area (Å²) in [5.74, 6) is -0.0777. The number of aryl methyl sites for hydroxylation is 1. The second kappa shape index (κ2) is 9.02. The molecule has 1 heterocycles. The molecule has 0 saturated heterocycles. The molecule has 0 saturated carbocycles. The summed E-state index contributed by atoms with van der Waals surface area (Å²) < 4.78 is 0. The van der Waals surface area contributed by atoms with Crippen molar-refractivity contribution in [3.05, 3.63) is 69.3 Å². The van der Waals surface area contributed by atoms with Crippen LogP contribution in [-0.2, 0) is 11.2 Å². The van der Waals surface area contributed by atoms with E-state index in [1.165, 1.54) is 5.56 Å². The Bertz CT molecular complexity index is 980. The van der Waals surface area contributed by atoms with Crippen LogP contribution in [0, 0.1) is 0 Å². The molecule has 2 atom stereocenters. The fourth-order valence-corrected chi connectivity index (χ4v) is 3.89. The molecule has 2 N–H and O–H groups in total. The zero-order chi connectivity index (χ0) is 20.3. The number of carbonyl (C=O) groups is 1. The Hall–Kier alpha value is -1.97. The zero-order valence-corrected chi connectivity index (χ0v) is 18.0. The van der Waals surface area contributed by atoms with Crippen molar-refractivity contribution in [3.8, 4) is 0 Å². The summed E-state index contributed by atoms with van der Waals surface area (Å²) in [6.07, 6.45) is 4.22. The topological polar surface area (TPSA) is 44.9 Å². The summed E-state index contributed by atoms with van der Waals surface area (Å²) >= 11 is 12.4. The highest BCUT2D eigenvalue weighted by molar-refractivity contribution is 6.42. The minimum Gasteiger partial charge on any atom is -0.361 e. The first-order valence-corrected chi connectivity index (χ1v) is 10.5. The van der Waals surface area contributed by atoms with Crippen molar-refractivity contribution in [2.45, 2.75) is 52.0 Å². The molecular weight excluding hydrogens is 391 g/mol. The van der Waals surface area contributed by atoms with Gasteiger partial charge in [-0.1, -0.05) is 61.3 Å². The molecule has 0 bridgehead atoms. The van der Waals surface area contributed by atoms with E-state index in [1.807, 2.05) is 25.3 Å². The molecule has 3 nitrogen and oxygen atoms in total. The Morgan fingerprint density at radius 3 is 2.61 bits per heavy atom. The largest absolute Gasteiger partial charge is 0.361 e. The smallest absolute Gasteiger partial charge is 0.221 e. The maximum atomic E-state index is 12.7. The Labute approximate surface area is 176 Å². The zero-order valence-electron chi connectivity index (χ0n) is 16.5. The first kappa shape index (κ1) is 20.8. The molecule has 0 radical (unpaired) electrons. The number of rotatable bonds is 7. The number of amides is 1. The summed E-state index contributed by atoms with van der Waals surface area (Å²) in [4.78, 5) is 16.1. The number of para-hydroxylation sites is 1. The third-order valence-corrected chi connectivity index (χ3v) is 6.08. The van der Waals surface area contributed by atoms with Gasteiger partial charge in [-0.3, -0.25) is 4.79 Å². The summed E-state index contributed by atoms with van der Waals surface area (Å²) in [5.41, 5.74) is 4.48. The van der Waals surface area contributed by atoms with Crippen molar-refractivity contribution in [2.24, 2.45) is 0 Å². The molecule has 5 heteroatoms. The van der Waals surface area contributed by atoms with Gasteiger partial charge in [0.05, 0.1) is 10.0 Å². The highest BCUT2D eigenvalue weighted by Crippen LogP contribution is 2.36. The summed E-state index contributed by atoms with van der Waals surface area (Å²) in [5, 5.41) is 5.24. The quantitative estimate of drug-likeness (QED) is 0.454. The summed E-state index contributed by atoms with van der Waals surface area (Å²) in [6, 6.07) is 12.1. The first-order valence-electron chi connectivity index (χ1n) is 9.77. The lowest BCUT2D eigenvalue weighted by atomic mass is 9.87. The second-order valence-electron chi connectivity index (χ2n) is 7.24. The number of halogens is 2. The average molecular weight is 417 g/mol. The van der Waals surface area contributed by atoms with Crippen LogP contribution in [0.1, 0.15) is 56.2 Å². The second-order valence-corrected chi connectivity index (χ2v) is 8.06. The van der Waals surface area contributed by atoms with E-state index in [-0.39, 0.29) is 17.9 Å². The van der Waals surface area contributed by atoms with E-state index in [0.29, 0.717) is 16.5 Å². The van der Waals surface area contributed by atoms with Gasteiger partial charge in [0.1, 0.15) is 0 Å². The average Bonchev–Trinajstić information content (AvgIpc) is 3.12. The van der Waals surface area contributed by atoms with Crippen molar-refractivity contribution >= 4 is 40.0 Å². The maximum absolute atomic E-state index is 12.7. The Balaban J connectivity index is 2.06. The molecule has 28 heavy (non-hydrogen) atoms. The highest BCUT2D eigenvalue weighted by atomic mass is 35.5. The molecule has 0 aliphatic rings. The molecule has 2 unspecified atom stereocenters. The number of benzene rings is 2. The third-order valence-electron chi connectivity index (χ3n) is 5.35. The number of aromatic nitrogens is 1. The van der Waals surface area contributed by atoms with Crippen LogP contribution < -0.4 is 5.32 Å². The molecule has 1 amide bonds. The van der Waals surface area contributed by atoms with Gasteiger partial charge in [0.2, 0.25) is 5.91 Å². The van der Waals surface area contributed by atoms with Crippen LogP contribution >= 0.6 is 23.2 Å². The fourth-order valence-electron chi connectivity index (χ4n) is 3.58. The van der Waals surface area contributed by atoms with Crippen LogP contribution in [0.25, 0.3) is 10.9 Å². The van der Waals surface area contributed by atoms with Gasteiger partial charge in [-0.15, -0.1) is 0 Å². The standard InChI is InChI=1S/C23H26Cl2N2O/c1-4-14(3)27-22(28)12-18(16-9-10-20(24)21(25)11-16)19-13-26-23-15(5-2)7-6-8-17(19)23/h6-11,13-14,18,26H,4-5,12H2,1-3H3,(H,27,28). The predicted octanol–water partition coefficient (Wildman–Crippen LogP) is 6.47. The van der Waals surface area contributed by atoms with E-state index in [2.05, 4.69) is 42.3 Å². The van der Waals surface area contributed by atoms with Crippen LogP contribution in [0.5, 0.6) is 0 Å². The van der Waals surface area contributed by atoms with Crippen molar-refractivity contribution in [3.63, 3.8) is 0 Å². The number of aromatic amines is 1. The molecule has 0 fully saturated rings. The normalized spacial score (nSPS) is 13.5. The van der Waals surface area contributed by atoms with Gasteiger partial charge in [-0.05, 0) is 48.6 Å². The van der Waals surface area contributed by atoms with Crippen molar-refractivity contribution < 1.29 is 4.79 Å². The SMILES string of the molecule is CCc1cccc2c(C(CC(=O)NC(C)CC)c3ccc(Cl)c(Cl)c3)c[nH]c12. The molecule has 2 aromatic carbocycles. The molecule has 0 aliphatic heterocycles. The maximum Gasteiger partial charge on any atom is 0.221 e. The number of nitrogens with one attached hydrogen (secondary N) is 2. The van der Waals surface area contributed by atoms with Crippen molar-refractivity contribution in [2.75, 3.05) is 0 Å². The van der Waals surface area contributed by atoms with E-state index in [0.717, 1.165) is 34.9 Å². The van der Waals surface area contributed by atoms with Crippen LogP contribution in [0.2, 0.25) is 10.0 Å². The van der Waals surface area contributed by atoms with E-state index in [1.54, 1.807) is 6.07 Å². The van der Waals surface area contributed by atoms with Crippen LogP contribution in [0.4, 0.5) is 0 Å². The lowest BCUT2D eigenvalue weighted by Crippen LogP contribution is -2.33. The monoisotopic (exact) mass is 416 g/mol. The van der Waals surface area contributed by atoms with Gasteiger partial charge in [0, 0.05) is 35.5 Å². The number of H-pyrrole nitrogens is 1. The Morgan fingerprint density at radius 1 is 1.14 bits per heavy atom. The van der Waals surface area contributed by atoms with Gasteiger partial charge in [0.15, 0.2) is 0 Å². The molecule has 3 rings (SSSR count). The minimum atomic E-state index is -0.111. The van der Waals surface area contributed by atoms with Crippen molar-refractivity contribution in [1.29, 1.82) is 0 Å². The highest BCUT2D eigenvalue weighted by Gasteiger charge is 2.23. The molecule has 1 aromatic heterocycles. The van der Waals surface area contributed by atoms with E-state index < -0.39 is 0 Å². The molecular formula is C23H26Cl2N2O. The van der Waals surface area contributed by atoms with Gasteiger partial charge in [-0.2, -0.15) is 0 Å². The van der Waals surface area contributed by atoms with Crippen LogP contribution in [-0.4, -0.2) is 16.9 Å². The Morgan fingerprint density at radius 2 is 1.93 bits per heavy atom.